The minimum atomic E-state index is -0.187. The molecule has 9 heteroatoms. The summed E-state index contributed by atoms with van der Waals surface area (Å²) in [5, 5.41) is 13.2. The molecular formula is C26H29N5O3S. The standard InChI is InChI=1S/C26H29N5O3S/c32-24(29-16-10-13-27-14-11-16)23-22-21-20(12-15-28-25(21)35-23)31(26(33)30-22)17-6-8-19(9-7-17)34-18-4-2-1-3-5-18/h1-9,16,20-21,25,27-28H,10-15H2,(H,29,32)(H,30,33). The fourth-order valence-electron chi connectivity index (χ4n) is 5.44. The third kappa shape index (κ3) is 4.39. The number of nitrogens with zero attached hydrogens (tertiary/aromatic N) is 1. The van der Waals surface area contributed by atoms with Crippen LogP contribution in [0.4, 0.5) is 10.5 Å². The minimum Gasteiger partial charge on any atom is -0.457 e. The van der Waals surface area contributed by atoms with Gasteiger partial charge in [-0.2, -0.15) is 0 Å². The van der Waals surface area contributed by atoms with Crippen LogP contribution in [0.3, 0.4) is 0 Å². The van der Waals surface area contributed by atoms with Crippen molar-refractivity contribution >= 4 is 29.4 Å². The maximum atomic E-state index is 13.4. The van der Waals surface area contributed by atoms with Crippen LogP contribution in [0.15, 0.2) is 65.2 Å². The summed E-state index contributed by atoms with van der Waals surface area (Å²) in [5.74, 6) is 1.46. The second-order valence-corrected chi connectivity index (χ2v) is 10.5. The lowest BCUT2D eigenvalue weighted by Crippen LogP contribution is -2.62. The second-order valence-electron chi connectivity index (χ2n) is 9.32. The van der Waals surface area contributed by atoms with Gasteiger partial charge in [0.1, 0.15) is 11.5 Å². The van der Waals surface area contributed by atoms with Crippen molar-refractivity contribution < 1.29 is 14.3 Å². The lowest BCUT2D eigenvalue weighted by Gasteiger charge is -2.45. The highest BCUT2D eigenvalue weighted by Crippen LogP contribution is 2.48. The predicted molar refractivity (Wildman–Crippen MR) is 136 cm³/mol. The lowest BCUT2D eigenvalue weighted by molar-refractivity contribution is -0.117. The number of benzene rings is 2. The molecule has 3 saturated heterocycles. The Hall–Kier alpha value is -3.01. The normalized spacial score (nSPS) is 26.2. The Kier molecular flexibility index (Phi) is 6.13. The van der Waals surface area contributed by atoms with E-state index in [2.05, 4.69) is 21.3 Å². The first-order valence-electron chi connectivity index (χ1n) is 12.3. The molecule has 0 aliphatic carbocycles. The Balaban J connectivity index is 1.22. The second kappa shape index (κ2) is 9.56. The van der Waals surface area contributed by atoms with Crippen LogP contribution in [0.5, 0.6) is 11.5 Å². The maximum Gasteiger partial charge on any atom is 0.326 e. The van der Waals surface area contributed by atoms with Gasteiger partial charge in [-0.15, -0.1) is 0 Å². The van der Waals surface area contributed by atoms with Gasteiger partial charge in [-0.25, -0.2) is 4.79 Å². The Bertz CT molecular complexity index is 1130. The third-order valence-corrected chi connectivity index (χ3v) is 8.47. The molecule has 4 N–H and O–H groups in total. The molecule has 3 amide bonds. The molecule has 0 bridgehead atoms. The van der Waals surface area contributed by atoms with Crippen LogP contribution in [0.25, 0.3) is 0 Å². The molecule has 0 aromatic heterocycles. The van der Waals surface area contributed by atoms with Crippen LogP contribution in [0.1, 0.15) is 19.3 Å². The van der Waals surface area contributed by atoms with Gasteiger partial charge < -0.3 is 26.0 Å². The van der Waals surface area contributed by atoms with Crippen molar-refractivity contribution in [1.29, 1.82) is 0 Å². The summed E-state index contributed by atoms with van der Waals surface area (Å²) in [7, 11) is 0. The number of amides is 3. The lowest BCUT2D eigenvalue weighted by atomic mass is 9.86. The average molecular weight is 492 g/mol. The van der Waals surface area contributed by atoms with E-state index in [1.165, 1.54) is 0 Å². The molecule has 3 unspecified atom stereocenters. The molecule has 0 spiro atoms. The van der Waals surface area contributed by atoms with E-state index in [1.807, 2.05) is 59.5 Å². The van der Waals surface area contributed by atoms with Crippen LogP contribution in [0.2, 0.25) is 0 Å². The van der Waals surface area contributed by atoms with Gasteiger partial charge in [-0.3, -0.25) is 9.69 Å². The number of piperidine rings is 2. The van der Waals surface area contributed by atoms with Crippen molar-refractivity contribution in [2.75, 3.05) is 24.5 Å². The Labute approximate surface area is 208 Å². The van der Waals surface area contributed by atoms with Crippen molar-refractivity contribution in [3.05, 3.63) is 65.2 Å². The Morgan fingerprint density at radius 2 is 1.71 bits per heavy atom. The summed E-state index contributed by atoms with van der Waals surface area (Å²) in [6.45, 7) is 2.63. The number of anilines is 1. The van der Waals surface area contributed by atoms with Crippen molar-refractivity contribution in [3.63, 3.8) is 0 Å². The minimum absolute atomic E-state index is 0.0115. The topological polar surface area (TPSA) is 94.7 Å². The number of urea groups is 1. The van der Waals surface area contributed by atoms with Gasteiger partial charge >= 0.3 is 6.03 Å². The molecule has 3 atom stereocenters. The van der Waals surface area contributed by atoms with Crippen LogP contribution in [-0.2, 0) is 4.79 Å². The van der Waals surface area contributed by atoms with Crippen LogP contribution in [0, 0.1) is 5.92 Å². The number of ether oxygens (including phenoxy) is 1. The third-order valence-electron chi connectivity index (χ3n) is 7.12. The number of carbonyl (C=O) groups is 2. The van der Waals surface area contributed by atoms with Crippen molar-refractivity contribution in [3.8, 4) is 11.5 Å². The molecular weight excluding hydrogens is 462 g/mol. The van der Waals surface area contributed by atoms with Crippen LogP contribution < -0.4 is 30.9 Å². The van der Waals surface area contributed by atoms with Crippen molar-refractivity contribution in [2.24, 2.45) is 5.92 Å². The van der Waals surface area contributed by atoms with Gasteiger partial charge in [0, 0.05) is 23.3 Å². The summed E-state index contributed by atoms with van der Waals surface area (Å²) in [4.78, 5) is 29.0. The van der Waals surface area contributed by atoms with E-state index in [-0.39, 0.29) is 35.3 Å². The van der Waals surface area contributed by atoms with Crippen molar-refractivity contribution in [1.82, 2.24) is 21.3 Å². The summed E-state index contributed by atoms with van der Waals surface area (Å²) >= 11 is 1.55. The summed E-state index contributed by atoms with van der Waals surface area (Å²) in [6, 6.07) is 17.2. The number of thioether (sulfide) groups is 1. The van der Waals surface area contributed by atoms with E-state index in [1.54, 1.807) is 11.8 Å². The molecule has 4 aliphatic heterocycles. The summed E-state index contributed by atoms with van der Waals surface area (Å²) in [6.07, 6.45) is 2.68. The van der Waals surface area contributed by atoms with E-state index >= 15 is 0 Å². The number of hydrogen-bond donors (Lipinski definition) is 4. The van der Waals surface area contributed by atoms with Gasteiger partial charge in [0.15, 0.2) is 0 Å². The number of rotatable bonds is 5. The summed E-state index contributed by atoms with van der Waals surface area (Å²) < 4.78 is 5.91. The van der Waals surface area contributed by atoms with Gasteiger partial charge in [-0.1, -0.05) is 30.0 Å². The highest BCUT2D eigenvalue weighted by Gasteiger charge is 2.51. The van der Waals surface area contributed by atoms with Crippen LogP contribution in [-0.4, -0.2) is 49.0 Å². The van der Waals surface area contributed by atoms with Gasteiger partial charge in [0.25, 0.3) is 5.91 Å². The zero-order valence-corrected chi connectivity index (χ0v) is 20.1. The predicted octanol–water partition coefficient (Wildman–Crippen LogP) is 3.14. The molecule has 2 aromatic rings. The molecule has 0 radical (unpaired) electrons. The molecule has 4 heterocycles. The largest absolute Gasteiger partial charge is 0.457 e. The summed E-state index contributed by atoms with van der Waals surface area (Å²) in [5.41, 5.74) is 1.60. The highest BCUT2D eigenvalue weighted by molar-refractivity contribution is 8.04. The first kappa shape index (κ1) is 22.5. The van der Waals surface area contributed by atoms with Gasteiger partial charge in [0.05, 0.1) is 16.3 Å². The van der Waals surface area contributed by atoms with Gasteiger partial charge in [-0.05, 0) is 75.3 Å². The highest BCUT2D eigenvalue weighted by atomic mass is 32.2. The number of hydrogen-bond acceptors (Lipinski definition) is 6. The van der Waals surface area contributed by atoms with E-state index in [0.29, 0.717) is 4.91 Å². The van der Waals surface area contributed by atoms with E-state index < -0.39 is 0 Å². The first-order valence-corrected chi connectivity index (χ1v) is 13.1. The monoisotopic (exact) mass is 491 g/mol. The zero-order chi connectivity index (χ0) is 23.8. The van der Waals surface area contributed by atoms with Crippen LogP contribution >= 0.6 is 11.8 Å². The average Bonchev–Trinajstić information content (AvgIpc) is 3.26. The van der Waals surface area contributed by atoms with Crippen molar-refractivity contribution in [2.45, 2.75) is 36.7 Å². The van der Waals surface area contributed by atoms with Gasteiger partial charge in [0.2, 0.25) is 0 Å². The Morgan fingerprint density at radius 1 is 0.971 bits per heavy atom. The van der Waals surface area contributed by atoms with E-state index in [4.69, 9.17) is 4.74 Å². The van der Waals surface area contributed by atoms with E-state index in [9.17, 15) is 9.59 Å². The molecule has 2 aromatic carbocycles. The molecule has 6 rings (SSSR count). The number of para-hydroxylation sites is 1. The molecule has 4 aliphatic rings. The quantitative estimate of drug-likeness (QED) is 0.514. The fourth-order valence-corrected chi connectivity index (χ4v) is 6.84. The SMILES string of the molecule is O=C(NC1CCNCC1)C1=C2NC(=O)N(c3ccc(Oc4ccccc4)cc3)C3CCNC(S1)C23. The molecule has 3 fully saturated rings. The molecule has 0 saturated carbocycles. The zero-order valence-electron chi connectivity index (χ0n) is 19.3. The molecule has 8 nitrogen and oxygen atoms in total. The maximum absolute atomic E-state index is 13.4. The number of carbonyl (C=O) groups excluding carboxylic acids is 2. The first-order chi connectivity index (χ1) is 17.2. The fraction of sp³-hybridized carbons (Fsp3) is 0.385. The Morgan fingerprint density at radius 3 is 2.49 bits per heavy atom. The van der Waals surface area contributed by atoms with E-state index in [0.717, 1.165) is 61.8 Å². The smallest absolute Gasteiger partial charge is 0.326 e. The number of nitrogens with one attached hydrogen (secondary N) is 4. The molecule has 35 heavy (non-hydrogen) atoms. The molecule has 182 valence electrons.